The Labute approximate surface area is 204 Å². The van der Waals surface area contributed by atoms with Gasteiger partial charge in [-0.05, 0) is 50.8 Å². The zero-order valence-corrected chi connectivity index (χ0v) is 20.4. The number of hydrogen-bond donors (Lipinski definition) is 0. The molecule has 35 heavy (non-hydrogen) atoms. The summed E-state index contributed by atoms with van der Waals surface area (Å²) >= 11 is 0. The minimum Gasteiger partial charge on any atom is -0.443 e. The molecule has 0 spiro atoms. The lowest BCUT2D eigenvalue weighted by Gasteiger charge is -2.20. The molecule has 0 aliphatic heterocycles. The predicted molar refractivity (Wildman–Crippen MR) is 141 cm³/mol. The lowest BCUT2D eigenvalue weighted by molar-refractivity contribution is 0.0542. The molecule has 0 aliphatic carbocycles. The van der Waals surface area contributed by atoms with Crippen molar-refractivity contribution in [2.45, 2.75) is 39.8 Å². The molecule has 0 unspecified atom stereocenters. The van der Waals surface area contributed by atoms with Gasteiger partial charge in [-0.15, -0.1) is 0 Å². The minimum atomic E-state index is -0.620. The van der Waals surface area contributed by atoms with E-state index in [-0.39, 0.29) is 5.56 Å². The van der Waals surface area contributed by atoms with Crippen LogP contribution in [0.5, 0.6) is 0 Å². The van der Waals surface area contributed by atoms with Gasteiger partial charge in [0.1, 0.15) is 5.60 Å². The predicted octanol–water partition coefficient (Wildman–Crippen LogP) is 6.76. The Morgan fingerprint density at radius 1 is 0.829 bits per heavy atom. The molecule has 5 heteroatoms. The van der Waals surface area contributed by atoms with E-state index in [1.807, 2.05) is 113 Å². The number of rotatable bonds is 3. The number of carbonyl (C=O) groups is 1. The van der Waals surface area contributed by atoms with E-state index >= 15 is 0 Å². The first-order chi connectivity index (χ1) is 16.7. The van der Waals surface area contributed by atoms with Crippen LogP contribution < -0.4 is 5.56 Å². The molecule has 3 aromatic carbocycles. The Morgan fingerprint density at radius 3 is 2.11 bits per heavy atom. The van der Waals surface area contributed by atoms with Crippen molar-refractivity contribution in [1.29, 1.82) is 0 Å². The Balaban J connectivity index is 1.80. The molecule has 0 bridgehead atoms. The molecule has 0 fully saturated rings. The summed E-state index contributed by atoms with van der Waals surface area (Å²) in [6, 6.07) is 25.4. The molecular formula is C30H28N2O3. The third-order valence-corrected chi connectivity index (χ3v) is 6.15. The van der Waals surface area contributed by atoms with Gasteiger partial charge in [0.25, 0.3) is 5.56 Å². The third kappa shape index (κ3) is 4.14. The van der Waals surface area contributed by atoms with Crippen LogP contribution >= 0.6 is 0 Å². The van der Waals surface area contributed by atoms with Crippen molar-refractivity contribution in [3.8, 4) is 11.1 Å². The molecular weight excluding hydrogens is 436 g/mol. The summed E-state index contributed by atoms with van der Waals surface area (Å²) in [5, 5.41) is 2.44. The average molecular weight is 465 g/mol. The number of carbonyl (C=O) groups excluding carboxylic acids is 1. The highest BCUT2D eigenvalue weighted by Crippen LogP contribution is 2.38. The van der Waals surface area contributed by atoms with Crippen LogP contribution in [0.2, 0.25) is 0 Å². The Morgan fingerprint density at radius 2 is 1.43 bits per heavy atom. The SMILES string of the molecule is Cc1c(-c2cn(Cc3ccccc3)c(=O)c3ccccc23)c2ccccc2n1C(=O)OC(C)(C)C. The molecule has 2 heterocycles. The number of ether oxygens (including phenoxy) is 1. The first-order valence-electron chi connectivity index (χ1n) is 11.7. The van der Waals surface area contributed by atoms with Gasteiger partial charge in [0.05, 0.1) is 12.1 Å². The standard InChI is InChI=1S/C30H28N2O3/c1-20-27(24-16-10-11-17-26(24)32(20)29(34)35-30(2,3)4)25-19-31(18-21-12-6-5-7-13-21)28(33)23-15-9-8-14-22(23)25/h5-17,19H,18H2,1-4H3. The summed E-state index contributed by atoms with van der Waals surface area (Å²) in [6.45, 7) is 7.97. The Kier molecular flexibility index (Phi) is 5.56. The van der Waals surface area contributed by atoms with Crippen LogP contribution in [-0.4, -0.2) is 20.8 Å². The molecule has 176 valence electrons. The second-order valence-corrected chi connectivity index (χ2v) is 9.80. The first kappa shape index (κ1) is 22.7. The lowest BCUT2D eigenvalue weighted by atomic mass is 9.98. The second kappa shape index (κ2) is 8.58. The lowest BCUT2D eigenvalue weighted by Crippen LogP contribution is -2.27. The molecule has 0 saturated carbocycles. The van der Waals surface area contributed by atoms with E-state index in [9.17, 15) is 9.59 Å². The van der Waals surface area contributed by atoms with Gasteiger partial charge in [-0.1, -0.05) is 66.7 Å². The molecule has 0 atom stereocenters. The number of para-hydroxylation sites is 1. The van der Waals surface area contributed by atoms with Gasteiger partial charge in [0.15, 0.2) is 0 Å². The second-order valence-electron chi connectivity index (χ2n) is 9.80. The van der Waals surface area contributed by atoms with Crippen LogP contribution in [0.1, 0.15) is 32.0 Å². The van der Waals surface area contributed by atoms with Gasteiger partial charge >= 0.3 is 6.09 Å². The highest BCUT2D eigenvalue weighted by atomic mass is 16.6. The minimum absolute atomic E-state index is 0.0401. The van der Waals surface area contributed by atoms with Crippen molar-refractivity contribution >= 4 is 27.8 Å². The highest BCUT2D eigenvalue weighted by Gasteiger charge is 2.25. The molecule has 0 saturated heterocycles. The Hall–Kier alpha value is -4.12. The van der Waals surface area contributed by atoms with Gasteiger partial charge in [0, 0.05) is 33.8 Å². The fourth-order valence-electron chi connectivity index (χ4n) is 4.69. The van der Waals surface area contributed by atoms with E-state index in [1.54, 1.807) is 9.13 Å². The maximum absolute atomic E-state index is 13.4. The fourth-order valence-corrected chi connectivity index (χ4v) is 4.69. The maximum atomic E-state index is 13.4. The van der Waals surface area contributed by atoms with Crippen molar-refractivity contribution < 1.29 is 9.53 Å². The Bertz CT molecular complexity index is 1620. The summed E-state index contributed by atoms with van der Waals surface area (Å²) in [5.41, 5.74) is 3.77. The molecule has 5 rings (SSSR count). The van der Waals surface area contributed by atoms with E-state index in [0.29, 0.717) is 11.9 Å². The van der Waals surface area contributed by atoms with Gasteiger partial charge in [0.2, 0.25) is 0 Å². The third-order valence-electron chi connectivity index (χ3n) is 6.15. The summed E-state index contributed by atoms with van der Waals surface area (Å²) in [4.78, 5) is 26.7. The fraction of sp³-hybridized carbons (Fsp3) is 0.200. The number of fused-ring (bicyclic) bond motifs is 2. The van der Waals surface area contributed by atoms with Gasteiger partial charge in [-0.2, -0.15) is 0 Å². The van der Waals surface area contributed by atoms with Crippen LogP contribution in [0.3, 0.4) is 0 Å². The van der Waals surface area contributed by atoms with Crippen LogP contribution in [0.4, 0.5) is 4.79 Å². The summed E-state index contributed by atoms with van der Waals surface area (Å²) in [6.07, 6.45) is 1.51. The molecule has 2 aromatic heterocycles. The molecule has 0 radical (unpaired) electrons. The zero-order valence-electron chi connectivity index (χ0n) is 20.4. The molecule has 0 amide bonds. The quantitative estimate of drug-likeness (QED) is 0.296. The maximum Gasteiger partial charge on any atom is 0.419 e. The number of nitrogens with zero attached hydrogens (tertiary/aromatic N) is 2. The number of aromatic nitrogens is 2. The largest absolute Gasteiger partial charge is 0.443 e. The van der Waals surface area contributed by atoms with Gasteiger partial charge < -0.3 is 9.30 Å². The number of benzene rings is 3. The number of pyridine rings is 1. The van der Waals surface area contributed by atoms with E-state index in [0.717, 1.165) is 38.7 Å². The molecule has 5 nitrogen and oxygen atoms in total. The van der Waals surface area contributed by atoms with Crippen LogP contribution in [-0.2, 0) is 11.3 Å². The molecule has 0 aliphatic rings. The van der Waals surface area contributed by atoms with E-state index < -0.39 is 11.7 Å². The normalized spacial score (nSPS) is 11.8. The molecule has 0 N–H and O–H groups in total. The van der Waals surface area contributed by atoms with Crippen molar-refractivity contribution in [2.24, 2.45) is 0 Å². The van der Waals surface area contributed by atoms with Crippen molar-refractivity contribution in [1.82, 2.24) is 9.13 Å². The topological polar surface area (TPSA) is 53.2 Å². The monoisotopic (exact) mass is 464 g/mol. The number of hydrogen-bond acceptors (Lipinski definition) is 3. The molecule has 5 aromatic rings. The van der Waals surface area contributed by atoms with E-state index in [2.05, 4.69) is 0 Å². The summed E-state index contributed by atoms with van der Waals surface area (Å²) in [5.74, 6) is 0. The van der Waals surface area contributed by atoms with Crippen LogP contribution in [0.25, 0.3) is 32.8 Å². The van der Waals surface area contributed by atoms with Crippen molar-refractivity contribution in [2.75, 3.05) is 0 Å². The van der Waals surface area contributed by atoms with E-state index in [1.165, 1.54) is 0 Å². The smallest absolute Gasteiger partial charge is 0.419 e. The zero-order chi connectivity index (χ0) is 24.7. The van der Waals surface area contributed by atoms with Crippen LogP contribution in [0, 0.1) is 6.92 Å². The van der Waals surface area contributed by atoms with E-state index in [4.69, 9.17) is 4.74 Å². The van der Waals surface area contributed by atoms with Gasteiger partial charge in [-0.25, -0.2) is 9.36 Å². The van der Waals surface area contributed by atoms with Crippen molar-refractivity contribution in [3.63, 3.8) is 0 Å². The van der Waals surface area contributed by atoms with Crippen molar-refractivity contribution in [3.05, 3.63) is 107 Å². The summed E-state index contributed by atoms with van der Waals surface area (Å²) in [7, 11) is 0. The van der Waals surface area contributed by atoms with Gasteiger partial charge in [-0.3, -0.25) is 4.79 Å². The average Bonchev–Trinajstić information content (AvgIpc) is 3.12. The summed E-state index contributed by atoms with van der Waals surface area (Å²) < 4.78 is 9.13. The first-order valence-corrected chi connectivity index (χ1v) is 11.7. The highest BCUT2D eigenvalue weighted by molar-refractivity contribution is 6.08. The van der Waals surface area contributed by atoms with Crippen LogP contribution in [0.15, 0.2) is 89.9 Å².